The van der Waals surface area contributed by atoms with Gasteiger partial charge in [-0.1, -0.05) is 29.3 Å². The molecule has 0 aliphatic heterocycles. The molecule has 14 heavy (non-hydrogen) atoms. The standard InChI is InChI=1S/C10H13Cl2NO/c1-7(5-13)14-6-8-9(11)3-2-4-10(8)12/h2-4,7H,5-6,13H2,1H3. The van der Waals surface area contributed by atoms with Gasteiger partial charge in [0.2, 0.25) is 0 Å². The first kappa shape index (κ1) is 11.8. The maximum Gasteiger partial charge on any atom is 0.0750 e. The molecule has 0 fully saturated rings. The van der Waals surface area contributed by atoms with Crippen molar-refractivity contribution in [1.29, 1.82) is 0 Å². The van der Waals surface area contributed by atoms with Crippen molar-refractivity contribution in [2.45, 2.75) is 19.6 Å². The van der Waals surface area contributed by atoms with E-state index in [2.05, 4.69) is 0 Å². The molecule has 1 unspecified atom stereocenters. The Morgan fingerprint density at radius 2 is 1.93 bits per heavy atom. The highest BCUT2D eigenvalue weighted by Crippen LogP contribution is 2.25. The highest BCUT2D eigenvalue weighted by atomic mass is 35.5. The number of benzene rings is 1. The third kappa shape index (κ3) is 3.14. The summed E-state index contributed by atoms with van der Waals surface area (Å²) >= 11 is 11.9. The van der Waals surface area contributed by atoms with Gasteiger partial charge in [0.05, 0.1) is 12.7 Å². The number of ether oxygens (including phenoxy) is 1. The molecule has 2 N–H and O–H groups in total. The smallest absolute Gasteiger partial charge is 0.0750 e. The number of nitrogens with two attached hydrogens (primary N) is 1. The van der Waals surface area contributed by atoms with Crippen molar-refractivity contribution >= 4 is 23.2 Å². The maximum absolute atomic E-state index is 5.96. The fourth-order valence-corrected chi connectivity index (χ4v) is 1.47. The number of hydrogen-bond acceptors (Lipinski definition) is 2. The Kier molecular flexibility index (Phi) is 4.69. The van der Waals surface area contributed by atoms with Crippen LogP contribution in [0.1, 0.15) is 12.5 Å². The fourth-order valence-electron chi connectivity index (χ4n) is 0.964. The van der Waals surface area contributed by atoms with Gasteiger partial charge >= 0.3 is 0 Å². The van der Waals surface area contributed by atoms with Crippen molar-refractivity contribution in [3.05, 3.63) is 33.8 Å². The van der Waals surface area contributed by atoms with Crippen molar-refractivity contribution in [2.24, 2.45) is 5.73 Å². The first-order valence-electron chi connectivity index (χ1n) is 4.39. The van der Waals surface area contributed by atoms with E-state index in [9.17, 15) is 0 Å². The normalized spacial score (nSPS) is 12.9. The van der Waals surface area contributed by atoms with Gasteiger partial charge in [-0.15, -0.1) is 0 Å². The molecule has 4 heteroatoms. The van der Waals surface area contributed by atoms with E-state index in [0.29, 0.717) is 23.2 Å². The molecule has 0 heterocycles. The third-order valence-electron chi connectivity index (χ3n) is 1.91. The van der Waals surface area contributed by atoms with Crippen LogP contribution in [0.4, 0.5) is 0 Å². The largest absolute Gasteiger partial charge is 0.372 e. The van der Waals surface area contributed by atoms with Crippen molar-refractivity contribution in [2.75, 3.05) is 6.54 Å². The summed E-state index contributed by atoms with van der Waals surface area (Å²) in [6, 6.07) is 5.39. The van der Waals surface area contributed by atoms with Crippen molar-refractivity contribution in [1.82, 2.24) is 0 Å². The Bertz CT molecular complexity index is 284. The monoisotopic (exact) mass is 233 g/mol. The lowest BCUT2D eigenvalue weighted by Gasteiger charge is -2.12. The van der Waals surface area contributed by atoms with Crippen LogP contribution in [0.15, 0.2) is 18.2 Å². The van der Waals surface area contributed by atoms with Crippen LogP contribution in [0.25, 0.3) is 0 Å². The first-order valence-corrected chi connectivity index (χ1v) is 5.15. The first-order chi connectivity index (χ1) is 6.65. The van der Waals surface area contributed by atoms with Crippen LogP contribution in [0.2, 0.25) is 10.0 Å². The second kappa shape index (κ2) is 5.56. The summed E-state index contributed by atoms with van der Waals surface area (Å²) < 4.78 is 5.44. The second-order valence-corrected chi connectivity index (χ2v) is 3.87. The molecule has 0 aliphatic rings. The minimum absolute atomic E-state index is 0.0161. The molecule has 0 aliphatic carbocycles. The van der Waals surface area contributed by atoms with E-state index in [1.54, 1.807) is 18.2 Å². The highest BCUT2D eigenvalue weighted by molar-refractivity contribution is 6.35. The molecule has 0 saturated heterocycles. The average Bonchev–Trinajstić information content (AvgIpc) is 2.16. The predicted molar refractivity (Wildman–Crippen MR) is 59.8 cm³/mol. The minimum Gasteiger partial charge on any atom is -0.372 e. The molecule has 0 spiro atoms. The van der Waals surface area contributed by atoms with E-state index in [0.717, 1.165) is 5.56 Å². The molecule has 1 atom stereocenters. The molecular weight excluding hydrogens is 221 g/mol. The van der Waals surface area contributed by atoms with Crippen molar-refractivity contribution in [3.8, 4) is 0 Å². The van der Waals surface area contributed by atoms with E-state index in [1.807, 2.05) is 6.92 Å². The average molecular weight is 234 g/mol. The lowest BCUT2D eigenvalue weighted by atomic mass is 10.2. The van der Waals surface area contributed by atoms with Crippen LogP contribution in [0, 0.1) is 0 Å². The van der Waals surface area contributed by atoms with Crippen LogP contribution >= 0.6 is 23.2 Å². The number of halogens is 2. The van der Waals surface area contributed by atoms with Gasteiger partial charge in [0.15, 0.2) is 0 Å². The number of rotatable bonds is 4. The van der Waals surface area contributed by atoms with Gasteiger partial charge in [0.1, 0.15) is 0 Å². The Balaban J connectivity index is 2.66. The fraction of sp³-hybridized carbons (Fsp3) is 0.400. The SMILES string of the molecule is CC(CN)OCc1c(Cl)cccc1Cl. The predicted octanol–water partition coefficient (Wildman–Crippen LogP) is 2.86. The van der Waals surface area contributed by atoms with E-state index >= 15 is 0 Å². The summed E-state index contributed by atoms with van der Waals surface area (Å²) in [5.74, 6) is 0. The lowest BCUT2D eigenvalue weighted by molar-refractivity contribution is 0.0591. The molecule has 0 amide bonds. The zero-order valence-corrected chi connectivity index (χ0v) is 9.48. The van der Waals surface area contributed by atoms with Gasteiger partial charge in [0, 0.05) is 22.2 Å². The third-order valence-corrected chi connectivity index (χ3v) is 2.61. The van der Waals surface area contributed by atoms with Gasteiger partial charge in [-0.2, -0.15) is 0 Å². The van der Waals surface area contributed by atoms with E-state index in [-0.39, 0.29) is 6.10 Å². The Hall–Kier alpha value is -0.280. The van der Waals surface area contributed by atoms with E-state index in [4.69, 9.17) is 33.7 Å². The van der Waals surface area contributed by atoms with Crippen molar-refractivity contribution in [3.63, 3.8) is 0 Å². The Morgan fingerprint density at radius 3 is 2.43 bits per heavy atom. The van der Waals surface area contributed by atoms with E-state index in [1.165, 1.54) is 0 Å². The second-order valence-electron chi connectivity index (χ2n) is 3.06. The van der Waals surface area contributed by atoms with Crippen LogP contribution in [0.3, 0.4) is 0 Å². The molecule has 2 nitrogen and oxygen atoms in total. The molecule has 0 saturated carbocycles. The van der Waals surface area contributed by atoms with Crippen LogP contribution in [-0.2, 0) is 11.3 Å². The Morgan fingerprint density at radius 1 is 1.36 bits per heavy atom. The van der Waals surface area contributed by atoms with Crippen molar-refractivity contribution < 1.29 is 4.74 Å². The molecule has 0 aromatic heterocycles. The zero-order valence-electron chi connectivity index (χ0n) is 7.97. The van der Waals surface area contributed by atoms with Gasteiger partial charge < -0.3 is 10.5 Å². The Labute approximate surface area is 94.0 Å². The summed E-state index contributed by atoms with van der Waals surface area (Å²) in [7, 11) is 0. The van der Waals surface area contributed by atoms with Gasteiger partial charge in [-0.05, 0) is 19.1 Å². The summed E-state index contributed by atoms with van der Waals surface area (Å²) in [5.41, 5.74) is 6.24. The lowest BCUT2D eigenvalue weighted by Crippen LogP contribution is -2.19. The molecule has 0 radical (unpaired) electrons. The molecule has 0 bridgehead atoms. The minimum atomic E-state index is 0.0161. The molecule has 78 valence electrons. The maximum atomic E-state index is 5.96. The molecule has 1 aromatic carbocycles. The van der Waals surface area contributed by atoms with Gasteiger partial charge in [-0.25, -0.2) is 0 Å². The zero-order chi connectivity index (χ0) is 10.6. The van der Waals surface area contributed by atoms with E-state index < -0.39 is 0 Å². The summed E-state index contributed by atoms with van der Waals surface area (Å²) in [6.45, 7) is 2.80. The van der Waals surface area contributed by atoms with Gasteiger partial charge in [-0.3, -0.25) is 0 Å². The molecular formula is C10H13Cl2NO. The summed E-state index contributed by atoms with van der Waals surface area (Å²) in [5, 5.41) is 1.25. The van der Waals surface area contributed by atoms with Gasteiger partial charge in [0.25, 0.3) is 0 Å². The molecule has 1 rings (SSSR count). The van der Waals surface area contributed by atoms with Crippen LogP contribution in [0.5, 0.6) is 0 Å². The van der Waals surface area contributed by atoms with Crippen LogP contribution < -0.4 is 5.73 Å². The van der Waals surface area contributed by atoms with Crippen LogP contribution in [-0.4, -0.2) is 12.6 Å². The highest BCUT2D eigenvalue weighted by Gasteiger charge is 2.07. The number of hydrogen-bond donors (Lipinski definition) is 1. The summed E-state index contributed by atoms with van der Waals surface area (Å²) in [6.07, 6.45) is 0.0161. The topological polar surface area (TPSA) is 35.2 Å². The molecule has 1 aromatic rings. The quantitative estimate of drug-likeness (QED) is 0.869. The summed E-state index contributed by atoms with van der Waals surface area (Å²) in [4.78, 5) is 0.